The number of nitrogens with one attached hydrogen (secondary N) is 2. The van der Waals surface area contributed by atoms with E-state index in [9.17, 15) is 0 Å². The van der Waals surface area contributed by atoms with Crippen molar-refractivity contribution in [3.05, 3.63) is 11.6 Å². The molecule has 0 aliphatic carbocycles. The molecule has 2 N–H and O–H groups in total. The molecule has 0 radical (unpaired) electrons. The first-order valence-corrected chi connectivity index (χ1v) is 9.37. The molecule has 21 heavy (non-hydrogen) atoms. The predicted molar refractivity (Wildman–Crippen MR) is 86.8 cm³/mol. The average Bonchev–Trinajstić information content (AvgIpc) is 3.12. The second-order valence-electron chi connectivity index (χ2n) is 4.68. The molecule has 0 aliphatic heterocycles. The molecular formula is C13H22N6S2. The van der Waals surface area contributed by atoms with Crippen molar-refractivity contribution in [2.24, 2.45) is 0 Å². The second-order valence-corrected chi connectivity index (χ2v) is 6.80. The van der Waals surface area contributed by atoms with Crippen LogP contribution in [0, 0.1) is 0 Å². The van der Waals surface area contributed by atoms with E-state index >= 15 is 0 Å². The standard InChI is InChI=1S/C13H22N6S2/c1-3-8-20-12-14-10(16-18-12)6-5-7-11-15-13(19-17-11)21-9-4-2/h3-9H2,1-2H3,(H,14,16,18)(H,15,17,19). The maximum Gasteiger partial charge on any atom is 0.208 e. The molecular weight excluding hydrogens is 304 g/mol. The van der Waals surface area contributed by atoms with Gasteiger partial charge in [-0.2, -0.15) is 0 Å². The summed E-state index contributed by atoms with van der Waals surface area (Å²) in [6.07, 6.45) is 5.03. The van der Waals surface area contributed by atoms with Crippen LogP contribution in [0.1, 0.15) is 44.8 Å². The summed E-state index contributed by atoms with van der Waals surface area (Å²) >= 11 is 3.39. The summed E-state index contributed by atoms with van der Waals surface area (Å²) in [6.45, 7) is 4.32. The topological polar surface area (TPSA) is 83.1 Å². The molecule has 0 saturated carbocycles. The van der Waals surface area contributed by atoms with Crippen LogP contribution >= 0.6 is 23.5 Å². The third-order valence-corrected chi connectivity index (χ3v) is 4.83. The molecule has 0 saturated heterocycles. The smallest absolute Gasteiger partial charge is 0.208 e. The van der Waals surface area contributed by atoms with Crippen LogP contribution in [0.5, 0.6) is 0 Å². The first-order valence-electron chi connectivity index (χ1n) is 7.40. The lowest BCUT2D eigenvalue weighted by molar-refractivity contribution is 0.742. The molecule has 0 fully saturated rings. The van der Waals surface area contributed by atoms with Gasteiger partial charge in [-0.25, -0.2) is 9.97 Å². The van der Waals surface area contributed by atoms with Crippen molar-refractivity contribution in [2.45, 2.75) is 56.3 Å². The minimum atomic E-state index is 0.852. The van der Waals surface area contributed by atoms with E-state index < -0.39 is 0 Å². The molecule has 0 aliphatic rings. The van der Waals surface area contributed by atoms with Crippen molar-refractivity contribution in [1.29, 1.82) is 0 Å². The molecule has 2 heterocycles. The molecule has 8 heteroatoms. The van der Waals surface area contributed by atoms with Gasteiger partial charge in [0.05, 0.1) is 0 Å². The van der Waals surface area contributed by atoms with E-state index in [1.165, 1.54) is 0 Å². The Morgan fingerprint density at radius 3 is 1.71 bits per heavy atom. The Morgan fingerprint density at radius 1 is 0.810 bits per heavy atom. The van der Waals surface area contributed by atoms with E-state index in [0.717, 1.165) is 65.6 Å². The quantitative estimate of drug-likeness (QED) is 0.653. The van der Waals surface area contributed by atoms with Gasteiger partial charge < -0.3 is 0 Å². The number of thioether (sulfide) groups is 2. The molecule has 2 rings (SSSR count). The van der Waals surface area contributed by atoms with Crippen LogP contribution in [0.3, 0.4) is 0 Å². The number of aromatic nitrogens is 6. The number of rotatable bonds is 10. The van der Waals surface area contributed by atoms with Crippen molar-refractivity contribution in [3.8, 4) is 0 Å². The Balaban J connectivity index is 1.71. The van der Waals surface area contributed by atoms with E-state index in [2.05, 4.69) is 44.2 Å². The van der Waals surface area contributed by atoms with E-state index in [4.69, 9.17) is 0 Å². The normalized spacial score (nSPS) is 11.1. The summed E-state index contributed by atoms with van der Waals surface area (Å²) in [5.41, 5.74) is 0. The van der Waals surface area contributed by atoms with Gasteiger partial charge in [-0.1, -0.05) is 37.4 Å². The first kappa shape index (κ1) is 16.4. The summed E-state index contributed by atoms with van der Waals surface area (Å²) in [5.74, 6) is 4.03. The van der Waals surface area contributed by atoms with Gasteiger partial charge in [-0.15, -0.1) is 10.2 Å². The Labute approximate surface area is 133 Å². The highest BCUT2D eigenvalue weighted by Gasteiger charge is 2.06. The summed E-state index contributed by atoms with van der Waals surface area (Å²) in [4.78, 5) is 8.94. The zero-order valence-corrected chi connectivity index (χ0v) is 14.2. The SMILES string of the molecule is CCCSc1n[nH]c(CCCc2nc(SCCC)n[nH]2)n1. The molecule has 0 atom stereocenters. The highest BCUT2D eigenvalue weighted by Crippen LogP contribution is 2.15. The minimum Gasteiger partial charge on any atom is -0.262 e. The largest absolute Gasteiger partial charge is 0.262 e. The Bertz CT molecular complexity index is 478. The molecule has 0 bridgehead atoms. The third-order valence-electron chi connectivity index (χ3n) is 2.72. The zero-order chi connectivity index (χ0) is 14.9. The van der Waals surface area contributed by atoms with Crippen LogP contribution in [0.2, 0.25) is 0 Å². The molecule has 0 unspecified atom stereocenters. The highest BCUT2D eigenvalue weighted by atomic mass is 32.2. The van der Waals surface area contributed by atoms with Gasteiger partial charge in [0.2, 0.25) is 10.3 Å². The first-order chi connectivity index (χ1) is 10.3. The molecule has 0 aromatic carbocycles. The average molecular weight is 326 g/mol. The number of aromatic amines is 2. The number of aryl methyl sites for hydroxylation is 2. The van der Waals surface area contributed by atoms with E-state index in [0.29, 0.717) is 0 Å². The fourth-order valence-electron chi connectivity index (χ4n) is 1.72. The van der Waals surface area contributed by atoms with E-state index in [1.807, 2.05) is 0 Å². The van der Waals surface area contributed by atoms with Crippen molar-refractivity contribution < 1.29 is 0 Å². The van der Waals surface area contributed by atoms with Gasteiger partial charge in [0.25, 0.3) is 0 Å². The van der Waals surface area contributed by atoms with Crippen LogP contribution < -0.4 is 0 Å². The predicted octanol–water partition coefficient (Wildman–Crippen LogP) is 3.10. The minimum absolute atomic E-state index is 0.852. The maximum absolute atomic E-state index is 4.47. The monoisotopic (exact) mass is 326 g/mol. The Kier molecular flexibility index (Phi) is 7.08. The van der Waals surface area contributed by atoms with E-state index in [1.54, 1.807) is 23.5 Å². The van der Waals surface area contributed by atoms with Gasteiger partial charge in [0.1, 0.15) is 11.6 Å². The summed E-state index contributed by atoms with van der Waals surface area (Å²) in [7, 11) is 0. The molecule has 2 aromatic rings. The van der Waals surface area contributed by atoms with Gasteiger partial charge in [-0.05, 0) is 19.3 Å². The molecule has 6 nitrogen and oxygen atoms in total. The van der Waals surface area contributed by atoms with Crippen LogP contribution in [0.15, 0.2) is 10.3 Å². The summed E-state index contributed by atoms with van der Waals surface area (Å²) in [5, 5.41) is 16.1. The number of hydrogen-bond acceptors (Lipinski definition) is 6. The zero-order valence-electron chi connectivity index (χ0n) is 12.6. The highest BCUT2D eigenvalue weighted by molar-refractivity contribution is 7.99. The van der Waals surface area contributed by atoms with Gasteiger partial charge in [0.15, 0.2) is 0 Å². The number of H-pyrrole nitrogens is 2. The van der Waals surface area contributed by atoms with Crippen molar-refractivity contribution >= 4 is 23.5 Å². The van der Waals surface area contributed by atoms with Crippen LogP contribution in [-0.4, -0.2) is 41.9 Å². The van der Waals surface area contributed by atoms with Crippen molar-refractivity contribution in [3.63, 3.8) is 0 Å². The Hall–Kier alpha value is -1.02. The maximum atomic E-state index is 4.47. The van der Waals surface area contributed by atoms with Gasteiger partial charge in [0, 0.05) is 24.3 Å². The van der Waals surface area contributed by atoms with Crippen LogP contribution in [0.25, 0.3) is 0 Å². The lowest BCUT2D eigenvalue weighted by Crippen LogP contribution is -1.94. The fraction of sp³-hybridized carbons (Fsp3) is 0.692. The molecule has 0 amide bonds. The molecule has 116 valence electrons. The van der Waals surface area contributed by atoms with Crippen LogP contribution in [0.4, 0.5) is 0 Å². The summed E-state index contributed by atoms with van der Waals surface area (Å²) < 4.78 is 0. The number of hydrogen-bond donors (Lipinski definition) is 2. The number of nitrogens with zero attached hydrogens (tertiary/aromatic N) is 4. The fourth-order valence-corrected chi connectivity index (χ4v) is 3.06. The lowest BCUT2D eigenvalue weighted by Gasteiger charge is -1.94. The van der Waals surface area contributed by atoms with Crippen molar-refractivity contribution in [2.75, 3.05) is 11.5 Å². The third kappa shape index (κ3) is 5.70. The second kappa shape index (κ2) is 9.09. The van der Waals surface area contributed by atoms with Gasteiger partial charge in [-0.3, -0.25) is 10.2 Å². The Morgan fingerprint density at radius 2 is 1.29 bits per heavy atom. The van der Waals surface area contributed by atoms with Crippen LogP contribution in [-0.2, 0) is 12.8 Å². The van der Waals surface area contributed by atoms with Gasteiger partial charge >= 0.3 is 0 Å². The summed E-state index contributed by atoms with van der Waals surface area (Å²) in [6, 6.07) is 0. The molecule has 0 spiro atoms. The lowest BCUT2D eigenvalue weighted by atomic mass is 10.2. The van der Waals surface area contributed by atoms with E-state index in [-0.39, 0.29) is 0 Å². The molecule has 2 aromatic heterocycles. The van der Waals surface area contributed by atoms with Crippen molar-refractivity contribution in [1.82, 2.24) is 30.4 Å².